The third-order valence-corrected chi connectivity index (χ3v) is 6.51. The standard InChI is InChI=1S/C33H30N2O2/c1-35(2)27-14-19-30(23-8-6-5-7-9-23)31(22-27)26-20-32(24-10-15-28(36-3)16-11-24)34-33(21-26)25-12-17-29(37-4)18-13-25/h5-22H,1-4H3. The van der Waals surface area contributed by atoms with Gasteiger partial charge in [0.05, 0.1) is 25.6 Å². The van der Waals surface area contributed by atoms with Gasteiger partial charge >= 0.3 is 0 Å². The molecule has 0 saturated heterocycles. The third kappa shape index (κ3) is 5.19. The quantitative estimate of drug-likeness (QED) is 0.235. The van der Waals surface area contributed by atoms with E-state index in [0.717, 1.165) is 50.8 Å². The molecule has 4 nitrogen and oxygen atoms in total. The van der Waals surface area contributed by atoms with Gasteiger partial charge in [0.15, 0.2) is 0 Å². The van der Waals surface area contributed by atoms with Crippen molar-refractivity contribution in [3.8, 4) is 56.3 Å². The van der Waals surface area contributed by atoms with E-state index in [1.165, 1.54) is 11.1 Å². The predicted molar refractivity (Wildman–Crippen MR) is 153 cm³/mol. The van der Waals surface area contributed by atoms with Crippen LogP contribution in [0.2, 0.25) is 0 Å². The molecule has 184 valence electrons. The van der Waals surface area contributed by atoms with Crippen molar-refractivity contribution in [1.29, 1.82) is 0 Å². The van der Waals surface area contributed by atoms with Gasteiger partial charge < -0.3 is 14.4 Å². The molecule has 0 aliphatic rings. The van der Waals surface area contributed by atoms with Gasteiger partial charge in [-0.05, 0) is 95.1 Å². The summed E-state index contributed by atoms with van der Waals surface area (Å²) in [5.74, 6) is 1.64. The first kappa shape index (κ1) is 24.1. The Morgan fingerprint density at radius 1 is 0.514 bits per heavy atom. The molecule has 0 saturated carbocycles. The number of hydrogen-bond donors (Lipinski definition) is 0. The second kappa shape index (κ2) is 10.6. The van der Waals surface area contributed by atoms with Crippen molar-refractivity contribution >= 4 is 5.69 Å². The monoisotopic (exact) mass is 486 g/mol. The van der Waals surface area contributed by atoms with Crippen LogP contribution >= 0.6 is 0 Å². The van der Waals surface area contributed by atoms with Crippen LogP contribution in [-0.2, 0) is 0 Å². The Labute approximate surface area is 218 Å². The van der Waals surface area contributed by atoms with Crippen LogP contribution in [0.25, 0.3) is 44.8 Å². The lowest BCUT2D eigenvalue weighted by Gasteiger charge is -2.18. The lowest BCUT2D eigenvalue weighted by atomic mass is 9.92. The van der Waals surface area contributed by atoms with Gasteiger partial charge in [0.1, 0.15) is 11.5 Å². The van der Waals surface area contributed by atoms with Crippen molar-refractivity contribution in [2.45, 2.75) is 0 Å². The first-order valence-corrected chi connectivity index (χ1v) is 12.2. The van der Waals surface area contributed by atoms with Gasteiger partial charge in [-0.2, -0.15) is 0 Å². The van der Waals surface area contributed by atoms with Crippen LogP contribution in [0.1, 0.15) is 0 Å². The molecular formula is C33H30N2O2. The van der Waals surface area contributed by atoms with Gasteiger partial charge in [-0.1, -0.05) is 36.4 Å². The summed E-state index contributed by atoms with van der Waals surface area (Å²) in [5.41, 5.74) is 9.63. The van der Waals surface area contributed by atoms with Crippen LogP contribution in [-0.4, -0.2) is 33.3 Å². The molecule has 37 heavy (non-hydrogen) atoms. The van der Waals surface area contributed by atoms with E-state index < -0.39 is 0 Å². The highest BCUT2D eigenvalue weighted by Gasteiger charge is 2.14. The molecule has 0 bridgehead atoms. The Bertz CT molecular complexity index is 1430. The Hall–Kier alpha value is -4.57. The van der Waals surface area contributed by atoms with Gasteiger partial charge in [-0.3, -0.25) is 0 Å². The number of pyridine rings is 1. The molecule has 1 heterocycles. The molecule has 0 N–H and O–H groups in total. The fourth-order valence-corrected chi connectivity index (χ4v) is 4.42. The first-order valence-electron chi connectivity index (χ1n) is 12.2. The molecule has 0 aliphatic heterocycles. The molecule has 0 unspecified atom stereocenters. The lowest BCUT2D eigenvalue weighted by molar-refractivity contribution is 0.415. The molecule has 0 spiro atoms. The summed E-state index contributed by atoms with van der Waals surface area (Å²) >= 11 is 0. The number of benzene rings is 4. The number of hydrogen-bond acceptors (Lipinski definition) is 4. The van der Waals surface area contributed by atoms with Gasteiger partial charge in [0.2, 0.25) is 0 Å². The summed E-state index contributed by atoms with van der Waals surface area (Å²) in [6, 6.07) is 37.6. The molecular weight excluding hydrogens is 456 g/mol. The Morgan fingerprint density at radius 3 is 1.54 bits per heavy atom. The maximum absolute atomic E-state index is 5.38. The van der Waals surface area contributed by atoms with E-state index >= 15 is 0 Å². The highest BCUT2D eigenvalue weighted by Crippen LogP contribution is 2.38. The average molecular weight is 487 g/mol. The molecule has 0 amide bonds. The van der Waals surface area contributed by atoms with Crippen molar-refractivity contribution in [2.24, 2.45) is 0 Å². The van der Waals surface area contributed by atoms with Crippen molar-refractivity contribution in [3.63, 3.8) is 0 Å². The van der Waals surface area contributed by atoms with E-state index in [2.05, 4.69) is 97.9 Å². The topological polar surface area (TPSA) is 34.6 Å². The highest BCUT2D eigenvalue weighted by molar-refractivity contribution is 5.88. The molecule has 0 atom stereocenters. The van der Waals surface area contributed by atoms with Crippen LogP contribution in [0.4, 0.5) is 5.69 Å². The zero-order valence-corrected chi connectivity index (χ0v) is 21.6. The van der Waals surface area contributed by atoms with E-state index in [1.807, 2.05) is 30.3 Å². The fraction of sp³-hybridized carbons (Fsp3) is 0.121. The molecule has 1 aromatic heterocycles. The number of methoxy groups -OCH3 is 2. The van der Waals surface area contributed by atoms with Crippen LogP contribution in [0.15, 0.2) is 109 Å². The number of anilines is 1. The smallest absolute Gasteiger partial charge is 0.118 e. The van der Waals surface area contributed by atoms with E-state index in [1.54, 1.807) is 14.2 Å². The van der Waals surface area contributed by atoms with Crippen molar-refractivity contribution in [3.05, 3.63) is 109 Å². The average Bonchev–Trinajstić information content (AvgIpc) is 2.97. The second-order valence-corrected chi connectivity index (χ2v) is 9.07. The Balaban J connectivity index is 1.74. The largest absolute Gasteiger partial charge is 0.497 e. The normalized spacial score (nSPS) is 10.7. The van der Waals surface area contributed by atoms with Gasteiger partial charge in [-0.15, -0.1) is 0 Å². The minimum absolute atomic E-state index is 0.820. The van der Waals surface area contributed by atoms with Gasteiger partial charge in [-0.25, -0.2) is 4.98 Å². The Kier molecular flexibility index (Phi) is 6.91. The molecule has 4 heteroatoms. The first-order chi connectivity index (χ1) is 18.1. The SMILES string of the molecule is COc1ccc(-c2cc(-c3cc(N(C)C)ccc3-c3ccccc3)cc(-c3ccc(OC)cc3)n2)cc1. The number of aromatic nitrogens is 1. The lowest BCUT2D eigenvalue weighted by Crippen LogP contribution is -2.08. The maximum atomic E-state index is 5.38. The fourth-order valence-electron chi connectivity index (χ4n) is 4.42. The predicted octanol–water partition coefficient (Wildman–Crippen LogP) is 7.83. The molecule has 0 aliphatic carbocycles. The maximum Gasteiger partial charge on any atom is 0.118 e. The summed E-state index contributed by atoms with van der Waals surface area (Å²) in [5, 5.41) is 0. The van der Waals surface area contributed by atoms with Crippen molar-refractivity contribution < 1.29 is 9.47 Å². The van der Waals surface area contributed by atoms with Crippen LogP contribution in [0.3, 0.4) is 0 Å². The zero-order valence-electron chi connectivity index (χ0n) is 21.6. The van der Waals surface area contributed by atoms with Crippen molar-refractivity contribution in [1.82, 2.24) is 4.98 Å². The van der Waals surface area contributed by atoms with E-state index in [0.29, 0.717) is 0 Å². The Morgan fingerprint density at radius 2 is 1.05 bits per heavy atom. The molecule has 0 radical (unpaired) electrons. The minimum Gasteiger partial charge on any atom is -0.497 e. The summed E-state index contributed by atoms with van der Waals surface area (Å²) in [4.78, 5) is 7.21. The van der Waals surface area contributed by atoms with E-state index in [-0.39, 0.29) is 0 Å². The number of nitrogens with zero attached hydrogens (tertiary/aromatic N) is 2. The summed E-state index contributed by atoms with van der Waals surface area (Å²) in [6.45, 7) is 0. The second-order valence-electron chi connectivity index (χ2n) is 9.07. The van der Waals surface area contributed by atoms with Gasteiger partial charge in [0.25, 0.3) is 0 Å². The van der Waals surface area contributed by atoms with Gasteiger partial charge in [0, 0.05) is 30.9 Å². The van der Waals surface area contributed by atoms with Crippen LogP contribution in [0.5, 0.6) is 11.5 Å². The molecule has 5 rings (SSSR count). The van der Waals surface area contributed by atoms with Crippen LogP contribution < -0.4 is 14.4 Å². The number of ether oxygens (including phenoxy) is 2. The van der Waals surface area contributed by atoms with E-state index in [4.69, 9.17) is 14.5 Å². The molecule has 0 fully saturated rings. The third-order valence-electron chi connectivity index (χ3n) is 6.51. The summed E-state index contributed by atoms with van der Waals surface area (Å²) < 4.78 is 10.8. The highest BCUT2D eigenvalue weighted by atomic mass is 16.5. The van der Waals surface area contributed by atoms with Crippen LogP contribution in [0, 0.1) is 0 Å². The summed E-state index contributed by atoms with van der Waals surface area (Å²) in [7, 11) is 7.50. The summed E-state index contributed by atoms with van der Waals surface area (Å²) in [6.07, 6.45) is 0. The minimum atomic E-state index is 0.820. The van der Waals surface area contributed by atoms with Crippen molar-refractivity contribution in [2.75, 3.05) is 33.2 Å². The molecule has 4 aromatic carbocycles. The molecule has 5 aromatic rings. The number of rotatable bonds is 7. The van der Waals surface area contributed by atoms with E-state index in [9.17, 15) is 0 Å². The zero-order chi connectivity index (χ0) is 25.8.